The number of nitriles is 1. The first-order chi connectivity index (χ1) is 9.31. The SMILES string of the molecule is CCOC(=O)CCCCCCCCCCCCC#N. The van der Waals surface area contributed by atoms with Crippen molar-refractivity contribution in [3.63, 3.8) is 0 Å². The Hall–Kier alpha value is -1.04. The number of ether oxygens (including phenoxy) is 1. The summed E-state index contributed by atoms with van der Waals surface area (Å²) in [5, 5.41) is 8.40. The number of nitrogens with zero attached hydrogens (tertiary/aromatic N) is 1. The molecule has 0 saturated carbocycles. The number of esters is 1. The van der Waals surface area contributed by atoms with E-state index in [2.05, 4.69) is 6.07 Å². The van der Waals surface area contributed by atoms with Crippen LogP contribution in [0.5, 0.6) is 0 Å². The van der Waals surface area contributed by atoms with Crippen LogP contribution < -0.4 is 0 Å². The van der Waals surface area contributed by atoms with Crippen LogP contribution in [0.25, 0.3) is 0 Å². The zero-order chi connectivity index (χ0) is 14.2. The molecule has 0 rings (SSSR count). The minimum atomic E-state index is -0.0557. The standard InChI is InChI=1S/C16H29NO2/c1-2-19-16(18)14-12-10-8-6-4-3-5-7-9-11-13-15-17/h2-14H2,1H3. The second-order valence-electron chi connectivity index (χ2n) is 5.00. The molecule has 0 aromatic heterocycles. The molecule has 0 spiro atoms. The number of carbonyl (C=O) groups is 1. The molecule has 19 heavy (non-hydrogen) atoms. The van der Waals surface area contributed by atoms with Gasteiger partial charge in [-0.25, -0.2) is 0 Å². The average Bonchev–Trinajstić information content (AvgIpc) is 2.40. The van der Waals surface area contributed by atoms with Crippen molar-refractivity contribution in [2.24, 2.45) is 0 Å². The summed E-state index contributed by atoms with van der Waals surface area (Å²) in [5.41, 5.74) is 0. The quantitative estimate of drug-likeness (QED) is 0.357. The Kier molecular flexibility index (Phi) is 14.2. The Balaban J connectivity index is 3.03. The molecule has 0 fully saturated rings. The fourth-order valence-electron chi connectivity index (χ4n) is 2.12. The highest BCUT2D eigenvalue weighted by Crippen LogP contribution is 2.12. The predicted octanol–water partition coefficient (Wildman–Crippen LogP) is 4.75. The summed E-state index contributed by atoms with van der Waals surface area (Å²) in [5.74, 6) is -0.0557. The summed E-state index contributed by atoms with van der Waals surface area (Å²) < 4.78 is 4.88. The first kappa shape index (κ1) is 18.0. The Morgan fingerprint density at radius 1 is 0.895 bits per heavy atom. The van der Waals surface area contributed by atoms with Gasteiger partial charge in [0.2, 0.25) is 0 Å². The minimum absolute atomic E-state index is 0.0557. The lowest BCUT2D eigenvalue weighted by Crippen LogP contribution is -2.03. The smallest absolute Gasteiger partial charge is 0.305 e. The van der Waals surface area contributed by atoms with Gasteiger partial charge in [0, 0.05) is 12.8 Å². The van der Waals surface area contributed by atoms with E-state index < -0.39 is 0 Å². The van der Waals surface area contributed by atoms with Crippen LogP contribution in [0.15, 0.2) is 0 Å². The van der Waals surface area contributed by atoms with Crippen LogP contribution in [0, 0.1) is 11.3 Å². The van der Waals surface area contributed by atoms with Crippen molar-refractivity contribution in [1.82, 2.24) is 0 Å². The number of carbonyl (C=O) groups excluding carboxylic acids is 1. The van der Waals surface area contributed by atoms with Gasteiger partial charge in [0.05, 0.1) is 12.7 Å². The molecule has 0 bridgehead atoms. The predicted molar refractivity (Wildman–Crippen MR) is 77.7 cm³/mol. The van der Waals surface area contributed by atoms with Gasteiger partial charge in [0.1, 0.15) is 0 Å². The molecule has 0 unspecified atom stereocenters. The van der Waals surface area contributed by atoms with E-state index in [0.717, 1.165) is 19.3 Å². The number of hydrogen-bond acceptors (Lipinski definition) is 3. The van der Waals surface area contributed by atoms with Crippen molar-refractivity contribution in [3.05, 3.63) is 0 Å². The van der Waals surface area contributed by atoms with Gasteiger partial charge in [-0.1, -0.05) is 51.4 Å². The van der Waals surface area contributed by atoms with Gasteiger partial charge >= 0.3 is 5.97 Å². The van der Waals surface area contributed by atoms with Crippen LogP contribution in [-0.4, -0.2) is 12.6 Å². The topological polar surface area (TPSA) is 50.1 Å². The molecule has 0 N–H and O–H groups in total. The summed E-state index contributed by atoms with van der Waals surface area (Å²) in [6, 6.07) is 2.18. The molecule has 0 aromatic carbocycles. The lowest BCUT2D eigenvalue weighted by Gasteiger charge is -2.03. The van der Waals surface area contributed by atoms with Crippen molar-refractivity contribution >= 4 is 5.97 Å². The van der Waals surface area contributed by atoms with E-state index in [1.807, 2.05) is 6.92 Å². The third kappa shape index (κ3) is 14.9. The van der Waals surface area contributed by atoms with Crippen LogP contribution in [0.2, 0.25) is 0 Å². The maximum atomic E-state index is 11.1. The first-order valence-corrected chi connectivity index (χ1v) is 7.83. The maximum Gasteiger partial charge on any atom is 0.305 e. The minimum Gasteiger partial charge on any atom is -0.466 e. The molecule has 0 atom stereocenters. The Labute approximate surface area is 118 Å². The van der Waals surface area contributed by atoms with E-state index >= 15 is 0 Å². The zero-order valence-electron chi connectivity index (χ0n) is 12.5. The summed E-state index contributed by atoms with van der Waals surface area (Å²) in [6.07, 6.45) is 13.3. The molecule has 0 radical (unpaired) electrons. The average molecular weight is 267 g/mol. The van der Waals surface area contributed by atoms with E-state index in [-0.39, 0.29) is 5.97 Å². The monoisotopic (exact) mass is 267 g/mol. The third-order valence-corrected chi connectivity index (χ3v) is 3.22. The zero-order valence-corrected chi connectivity index (χ0v) is 12.5. The lowest BCUT2D eigenvalue weighted by atomic mass is 10.1. The Bertz CT molecular complexity index is 246. The Morgan fingerprint density at radius 3 is 1.84 bits per heavy atom. The molecule has 0 aliphatic carbocycles. The van der Waals surface area contributed by atoms with Crippen LogP contribution in [0.1, 0.15) is 84.0 Å². The normalized spacial score (nSPS) is 10.1. The van der Waals surface area contributed by atoms with Crippen LogP contribution in [0.4, 0.5) is 0 Å². The highest BCUT2D eigenvalue weighted by molar-refractivity contribution is 5.69. The van der Waals surface area contributed by atoms with Crippen LogP contribution in [-0.2, 0) is 9.53 Å². The summed E-state index contributed by atoms with van der Waals surface area (Å²) in [6.45, 7) is 2.34. The van der Waals surface area contributed by atoms with E-state index in [1.54, 1.807) is 0 Å². The second kappa shape index (κ2) is 15.0. The molecular weight excluding hydrogens is 238 g/mol. The third-order valence-electron chi connectivity index (χ3n) is 3.22. The molecule has 110 valence electrons. The van der Waals surface area contributed by atoms with E-state index in [4.69, 9.17) is 10.00 Å². The largest absolute Gasteiger partial charge is 0.466 e. The van der Waals surface area contributed by atoms with E-state index in [9.17, 15) is 4.79 Å². The van der Waals surface area contributed by atoms with Gasteiger partial charge in [-0.15, -0.1) is 0 Å². The van der Waals surface area contributed by atoms with Crippen LogP contribution in [0.3, 0.4) is 0 Å². The van der Waals surface area contributed by atoms with E-state index in [0.29, 0.717) is 19.4 Å². The molecular formula is C16H29NO2. The molecule has 0 aliphatic rings. The van der Waals surface area contributed by atoms with Gasteiger partial charge < -0.3 is 4.74 Å². The summed E-state index contributed by atoms with van der Waals surface area (Å²) in [4.78, 5) is 11.1. The van der Waals surface area contributed by atoms with Crippen molar-refractivity contribution in [2.45, 2.75) is 84.0 Å². The first-order valence-electron chi connectivity index (χ1n) is 7.83. The van der Waals surface area contributed by atoms with Gasteiger partial charge in [-0.2, -0.15) is 5.26 Å². The Morgan fingerprint density at radius 2 is 1.37 bits per heavy atom. The maximum absolute atomic E-state index is 11.1. The molecule has 0 saturated heterocycles. The highest BCUT2D eigenvalue weighted by atomic mass is 16.5. The molecule has 3 nitrogen and oxygen atoms in total. The second-order valence-corrected chi connectivity index (χ2v) is 5.00. The molecule has 0 aliphatic heterocycles. The van der Waals surface area contributed by atoms with Crippen LogP contribution >= 0.6 is 0 Å². The number of unbranched alkanes of at least 4 members (excludes halogenated alkanes) is 10. The fourth-order valence-corrected chi connectivity index (χ4v) is 2.12. The number of hydrogen-bond donors (Lipinski definition) is 0. The molecule has 3 heteroatoms. The van der Waals surface area contributed by atoms with E-state index in [1.165, 1.54) is 44.9 Å². The van der Waals surface area contributed by atoms with Crippen molar-refractivity contribution in [1.29, 1.82) is 5.26 Å². The molecule has 0 aromatic rings. The number of rotatable bonds is 13. The molecule has 0 amide bonds. The van der Waals surface area contributed by atoms with Crippen molar-refractivity contribution in [3.8, 4) is 6.07 Å². The van der Waals surface area contributed by atoms with Crippen molar-refractivity contribution in [2.75, 3.05) is 6.61 Å². The van der Waals surface area contributed by atoms with Gasteiger partial charge in [-0.3, -0.25) is 4.79 Å². The lowest BCUT2D eigenvalue weighted by molar-refractivity contribution is -0.143. The summed E-state index contributed by atoms with van der Waals surface area (Å²) in [7, 11) is 0. The highest BCUT2D eigenvalue weighted by Gasteiger charge is 2.00. The fraction of sp³-hybridized carbons (Fsp3) is 0.875. The van der Waals surface area contributed by atoms with Gasteiger partial charge in [0.15, 0.2) is 0 Å². The molecule has 0 heterocycles. The van der Waals surface area contributed by atoms with Gasteiger partial charge in [0.25, 0.3) is 0 Å². The van der Waals surface area contributed by atoms with Gasteiger partial charge in [-0.05, 0) is 19.8 Å². The van der Waals surface area contributed by atoms with Crippen molar-refractivity contribution < 1.29 is 9.53 Å². The summed E-state index contributed by atoms with van der Waals surface area (Å²) >= 11 is 0.